The minimum atomic E-state index is -0.0465. The lowest BCUT2D eigenvalue weighted by molar-refractivity contribution is -0.118. The Balaban J connectivity index is 1.97. The third kappa shape index (κ3) is 2.25. The van der Waals surface area contributed by atoms with Gasteiger partial charge >= 0.3 is 0 Å². The highest BCUT2D eigenvalue weighted by molar-refractivity contribution is 6.33. The Morgan fingerprint density at radius 3 is 2.65 bits per heavy atom. The van der Waals surface area contributed by atoms with Gasteiger partial charge in [-0.25, -0.2) is 0 Å². The summed E-state index contributed by atoms with van der Waals surface area (Å²) < 4.78 is 0. The second kappa shape index (κ2) is 5.17. The Morgan fingerprint density at radius 2 is 1.85 bits per heavy atom. The predicted octanol–water partition coefficient (Wildman–Crippen LogP) is 3.86. The van der Waals surface area contributed by atoms with Crippen LogP contribution in [-0.4, -0.2) is 13.0 Å². The van der Waals surface area contributed by atoms with Crippen LogP contribution in [-0.2, 0) is 4.79 Å². The molecule has 0 saturated heterocycles. The number of carbonyl (C=O) groups is 1. The number of benzene rings is 2. The van der Waals surface area contributed by atoms with Gasteiger partial charge in [-0.05, 0) is 23.8 Å². The van der Waals surface area contributed by atoms with E-state index in [-0.39, 0.29) is 11.9 Å². The lowest BCUT2D eigenvalue weighted by Gasteiger charge is -2.32. The zero-order chi connectivity index (χ0) is 14.1. The SMILES string of the molecule is CN1C(=O)CC(Nc2ccccc2Cl)c2ccccc21. The number of nitrogens with one attached hydrogen (secondary N) is 1. The smallest absolute Gasteiger partial charge is 0.229 e. The Kier molecular flexibility index (Phi) is 3.36. The molecule has 1 atom stereocenters. The van der Waals surface area contributed by atoms with Crippen molar-refractivity contribution in [1.82, 2.24) is 0 Å². The maximum Gasteiger partial charge on any atom is 0.229 e. The number of hydrogen-bond donors (Lipinski definition) is 1. The minimum Gasteiger partial charge on any atom is -0.376 e. The van der Waals surface area contributed by atoms with Gasteiger partial charge in [0.05, 0.1) is 23.2 Å². The maximum absolute atomic E-state index is 12.1. The Bertz CT molecular complexity index is 656. The largest absolute Gasteiger partial charge is 0.376 e. The number of fused-ring (bicyclic) bond motifs is 1. The topological polar surface area (TPSA) is 32.3 Å². The molecule has 1 aliphatic rings. The third-order valence-corrected chi connectivity index (χ3v) is 3.96. The zero-order valence-electron chi connectivity index (χ0n) is 11.1. The number of carbonyl (C=O) groups excluding carboxylic acids is 1. The van der Waals surface area contributed by atoms with Crippen LogP contribution in [0.25, 0.3) is 0 Å². The van der Waals surface area contributed by atoms with Crippen molar-refractivity contribution in [3.63, 3.8) is 0 Å². The van der Waals surface area contributed by atoms with E-state index in [9.17, 15) is 4.79 Å². The molecule has 2 aromatic rings. The number of halogens is 1. The van der Waals surface area contributed by atoms with Gasteiger partial charge in [0.1, 0.15) is 0 Å². The van der Waals surface area contributed by atoms with E-state index >= 15 is 0 Å². The van der Waals surface area contributed by atoms with E-state index in [0.29, 0.717) is 11.4 Å². The standard InChI is InChI=1S/C16H15ClN2O/c1-19-15-9-5-2-6-11(15)14(10-16(19)20)18-13-8-4-3-7-12(13)17/h2-9,14,18H,10H2,1H3. The molecule has 4 heteroatoms. The van der Waals surface area contributed by atoms with Crippen LogP contribution in [0, 0.1) is 0 Å². The Hall–Kier alpha value is -2.00. The average molecular weight is 287 g/mol. The lowest BCUT2D eigenvalue weighted by Crippen LogP contribution is -2.35. The molecule has 3 rings (SSSR count). The number of nitrogens with zero attached hydrogens (tertiary/aromatic N) is 1. The summed E-state index contributed by atoms with van der Waals surface area (Å²) in [7, 11) is 1.81. The molecule has 0 radical (unpaired) electrons. The molecule has 1 aliphatic heterocycles. The summed E-state index contributed by atoms with van der Waals surface area (Å²) in [6.45, 7) is 0. The number of anilines is 2. The van der Waals surface area contributed by atoms with Gasteiger partial charge < -0.3 is 10.2 Å². The molecular formula is C16H15ClN2O. The van der Waals surface area contributed by atoms with Crippen LogP contribution in [0.2, 0.25) is 5.02 Å². The number of amides is 1. The first-order valence-corrected chi connectivity index (χ1v) is 6.91. The van der Waals surface area contributed by atoms with Gasteiger partial charge in [0.2, 0.25) is 5.91 Å². The van der Waals surface area contributed by atoms with Gasteiger partial charge in [0.25, 0.3) is 0 Å². The molecule has 1 unspecified atom stereocenters. The minimum absolute atomic E-state index is 0.0465. The number of hydrogen-bond acceptors (Lipinski definition) is 2. The van der Waals surface area contributed by atoms with Gasteiger partial charge in [0, 0.05) is 12.7 Å². The summed E-state index contributed by atoms with van der Waals surface area (Å²) in [5, 5.41) is 4.04. The molecule has 1 heterocycles. The summed E-state index contributed by atoms with van der Waals surface area (Å²) in [5.74, 6) is 0.105. The van der Waals surface area contributed by atoms with Crippen molar-refractivity contribution >= 4 is 28.9 Å². The highest BCUT2D eigenvalue weighted by Gasteiger charge is 2.28. The second-order valence-electron chi connectivity index (χ2n) is 4.89. The fourth-order valence-electron chi connectivity index (χ4n) is 2.54. The highest BCUT2D eigenvalue weighted by atomic mass is 35.5. The van der Waals surface area contributed by atoms with Gasteiger partial charge in [-0.15, -0.1) is 0 Å². The first-order valence-electron chi connectivity index (χ1n) is 6.53. The van der Waals surface area contributed by atoms with Crippen molar-refractivity contribution in [2.45, 2.75) is 12.5 Å². The van der Waals surface area contributed by atoms with E-state index in [2.05, 4.69) is 5.32 Å². The molecule has 0 bridgehead atoms. The van der Waals surface area contributed by atoms with Crippen molar-refractivity contribution < 1.29 is 4.79 Å². The predicted molar refractivity (Wildman–Crippen MR) is 82.3 cm³/mol. The normalized spacial score (nSPS) is 17.8. The quantitative estimate of drug-likeness (QED) is 0.909. The van der Waals surface area contributed by atoms with E-state index in [1.54, 1.807) is 4.90 Å². The summed E-state index contributed by atoms with van der Waals surface area (Å²) >= 11 is 6.18. The van der Waals surface area contributed by atoms with Crippen molar-refractivity contribution in [2.24, 2.45) is 0 Å². The monoisotopic (exact) mass is 286 g/mol. The first kappa shape index (κ1) is 13.0. The van der Waals surface area contributed by atoms with E-state index in [0.717, 1.165) is 16.9 Å². The van der Waals surface area contributed by atoms with Crippen LogP contribution in [0.15, 0.2) is 48.5 Å². The zero-order valence-corrected chi connectivity index (χ0v) is 11.9. The van der Waals surface area contributed by atoms with E-state index in [1.807, 2.05) is 55.6 Å². The summed E-state index contributed by atoms with van der Waals surface area (Å²) in [6.07, 6.45) is 0.429. The molecule has 3 nitrogen and oxygen atoms in total. The fraction of sp³-hybridized carbons (Fsp3) is 0.188. The molecule has 0 spiro atoms. The van der Waals surface area contributed by atoms with Crippen LogP contribution in [0.4, 0.5) is 11.4 Å². The third-order valence-electron chi connectivity index (χ3n) is 3.63. The van der Waals surface area contributed by atoms with Crippen molar-refractivity contribution in [1.29, 1.82) is 0 Å². The summed E-state index contributed by atoms with van der Waals surface area (Å²) in [5.41, 5.74) is 2.93. The lowest BCUT2D eigenvalue weighted by atomic mass is 9.96. The maximum atomic E-state index is 12.1. The van der Waals surface area contributed by atoms with E-state index in [4.69, 9.17) is 11.6 Å². The fourth-order valence-corrected chi connectivity index (χ4v) is 2.73. The van der Waals surface area contributed by atoms with Crippen LogP contribution < -0.4 is 10.2 Å². The van der Waals surface area contributed by atoms with Crippen LogP contribution >= 0.6 is 11.6 Å². The summed E-state index contributed by atoms with van der Waals surface area (Å²) in [4.78, 5) is 13.8. The van der Waals surface area contributed by atoms with Crippen LogP contribution in [0.1, 0.15) is 18.0 Å². The first-order chi connectivity index (χ1) is 9.66. The van der Waals surface area contributed by atoms with E-state index < -0.39 is 0 Å². The molecule has 0 fully saturated rings. The van der Waals surface area contributed by atoms with Crippen LogP contribution in [0.3, 0.4) is 0 Å². The van der Waals surface area contributed by atoms with Gasteiger partial charge in [-0.2, -0.15) is 0 Å². The van der Waals surface area contributed by atoms with Crippen molar-refractivity contribution in [3.8, 4) is 0 Å². The average Bonchev–Trinajstić information content (AvgIpc) is 2.47. The Morgan fingerprint density at radius 1 is 1.15 bits per heavy atom. The second-order valence-corrected chi connectivity index (χ2v) is 5.30. The molecule has 20 heavy (non-hydrogen) atoms. The van der Waals surface area contributed by atoms with Crippen molar-refractivity contribution in [2.75, 3.05) is 17.3 Å². The molecule has 102 valence electrons. The molecular weight excluding hydrogens is 272 g/mol. The molecule has 2 aromatic carbocycles. The molecule has 1 N–H and O–H groups in total. The highest BCUT2D eigenvalue weighted by Crippen LogP contribution is 2.36. The van der Waals surface area contributed by atoms with Gasteiger partial charge in [-0.1, -0.05) is 41.9 Å². The number of para-hydroxylation sites is 2. The molecule has 0 aromatic heterocycles. The van der Waals surface area contributed by atoms with Crippen LogP contribution in [0.5, 0.6) is 0 Å². The number of rotatable bonds is 2. The van der Waals surface area contributed by atoms with Gasteiger partial charge in [-0.3, -0.25) is 4.79 Å². The van der Waals surface area contributed by atoms with Crippen molar-refractivity contribution in [3.05, 3.63) is 59.1 Å². The van der Waals surface area contributed by atoms with E-state index in [1.165, 1.54) is 0 Å². The Labute approximate surface area is 123 Å². The summed E-state index contributed by atoms with van der Waals surface area (Å²) in [6, 6.07) is 15.5. The van der Waals surface area contributed by atoms with Gasteiger partial charge in [0.15, 0.2) is 0 Å². The molecule has 0 aliphatic carbocycles. The molecule has 0 saturated carbocycles. The molecule has 1 amide bonds.